The molecule has 1 aliphatic heterocycles. The molecule has 7 heteroatoms. The van der Waals surface area contributed by atoms with Gasteiger partial charge in [-0.25, -0.2) is 4.79 Å². The summed E-state index contributed by atoms with van der Waals surface area (Å²) in [7, 11) is 3.68. The minimum Gasteiger partial charge on any atom is -0.463 e. The van der Waals surface area contributed by atoms with Crippen molar-refractivity contribution in [2.24, 2.45) is 5.41 Å². The van der Waals surface area contributed by atoms with E-state index in [2.05, 4.69) is 10.2 Å². The van der Waals surface area contributed by atoms with Crippen LogP contribution in [0.4, 0.5) is 0 Å². The van der Waals surface area contributed by atoms with Crippen molar-refractivity contribution in [3.8, 4) is 0 Å². The summed E-state index contributed by atoms with van der Waals surface area (Å²) in [5, 5.41) is 3.03. The number of ether oxygens (including phenoxy) is 1. The third-order valence-corrected chi connectivity index (χ3v) is 5.78. The molecular formula is C23H41N3O4. The van der Waals surface area contributed by atoms with Crippen molar-refractivity contribution in [3.63, 3.8) is 0 Å². The molecule has 0 bridgehead atoms. The molecule has 2 amide bonds. The highest BCUT2D eigenvalue weighted by atomic mass is 16.5. The minimum atomic E-state index is -0.657. The zero-order chi connectivity index (χ0) is 23.1. The Morgan fingerprint density at radius 3 is 2.37 bits per heavy atom. The molecule has 1 fully saturated rings. The number of likely N-dealkylation sites (N-methyl/N-ethyl adjacent to an activating group) is 2. The van der Waals surface area contributed by atoms with Crippen LogP contribution in [0, 0.1) is 5.41 Å². The predicted molar refractivity (Wildman–Crippen MR) is 119 cm³/mol. The molecule has 0 spiro atoms. The van der Waals surface area contributed by atoms with E-state index in [1.807, 2.05) is 34.7 Å². The number of carbonyl (C=O) groups excluding carboxylic acids is 3. The molecule has 0 saturated carbocycles. The lowest BCUT2D eigenvalue weighted by atomic mass is 9.85. The molecule has 0 aliphatic carbocycles. The van der Waals surface area contributed by atoms with Crippen LogP contribution >= 0.6 is 0 Å². The van der Waals surface area contributed by atoms with Gasteiger partial charge < -0.3 is 15.0 Å². The molecule has 172 valence electrons. The summed E-state index contributed by atoms with van der Waals surface area (Å²) in [6, 6.07) is -1.12. The zero-order valence-corrected chi connectivity index (χ0v) is 20.1. The normalized spacial score (nSPS) is 20.3. The molecule has 0 radical (unpaired) electrons. The Morgan fingerprint density at radius 1 is 1.23 bits per heavy atom. The molecule has 0 aromatic carbocycles. The lowest BCUT2D eigenvalue weighted by Crippen LogP contribution is -2.59. The summed E-state index contributed by atoms with van der Waals surface area (Å²) < 4.78 is 5.05. The van der Waals surface area contributed by atoms with E-state index in [0.29, 0.717) is 18.6 Å². The topological polar surface area (TPSA) is 79.0 Å². The Hall–Kier alpha value is -1.89. The number of nitrogens with one attached hydrogen (secondary N) is 1. The molecule has 0 unspecified atom stereocenters. The number of esters is 1. The number of piperidine rings is 1. The van der Waals surface area contributed by atoms with Crippen LogP contribution in [0.2, 0.25) is 0 Å². The Kier molecular flexibility index (Phi) is 10.0. The highest BCUT2D eigenvalue weighted by Gasteiger charge is 2.38. The molecule has 3 atom stereocenters. The van der Waals surface area contributed by atoms with E-state index in [1.54, 1.807) is 31.9 Å². The van der Waals surface area contributed by atoms with Crippen LogP contribution in [0.1, 0.15) is 67.2 Å². The van der Waals surface area contributed by atoms with Gasteiger partial charge in [-0.15, -0.1) is 0 Å². The van der Waals surface area contributed by atoms with Gasteiger partial charge in [0.05, 0.1) is 18.7 Å². The van der Waals surface area contributed by atoms with Gasteiger partial charge in [0, 0.05) is 12.6 Å². The van der Waals surface area contributed by atoms with E-state index in [1.165, 1.54) is 0 Å². The zero-order valence-electron chi connectivity index (χ0n) is 20.1. The Bertz CT molecular complexity index is 639. The third-order valence-electron chi connectivity index (χ3n) is 5.78. The number of likely N-dealkylation sites (tertiary alicyclic amines) is 1. The van der Waals surface area contributed by atoms with Crippen molar-refractivity contribution in [3.05, 3.63) is 11.6 Å². The second-order valence-electron chi connectivity index (χ2n) is 9.29. The molecule has 1 rings (SSSR count). The quantitative estimate of drug-likeness (QED) is 0.480. The van der Waals surface area contributed by atoms with Crippen molar-refractivity contribution in [2.75, 3.05) is 27.2 Å². The number of hydrogen-bond donors (Lipinski definition) is 1. The van der Waals surface area contributed by atoms with Gasteiger partial charge in [-0.2, -0.15) is 0 Å². The average molecular weight is 424 g/mol. The molecular weight excluding hydrogens is 382 g/mol. The molecule has 1 saturated heterocycles. The maximum absolute atomic E-state index is 13.4. The van der Waals surface area contributed by atoms with E-state index >= 15 is 0 Å². The first-order valence-corrected chi connectivity index (χ1v) is 11.1. The van der Waals surface area contributed by atoms with Gasteiger partial charge in [-0.05, 0) is 52.1 Å². The number of carbonyl (C=O) groups is 3. The Labute approximate surface area is 182 Å². The monoisotopic (exact) mass is 423 g/mol. The van der Waals surface area contributed by atoms with Crippen molar-refractivity contribution in [1.82, 2.24) is 15.1 Å². The van der Waals surface area contributed by atoms with E-state index in [9.17, 15) is 14.4 Å². The average Bonchev–Trinajstić information content (AvgIpc) is 2.68. The number of rotatable bonds is 8. The maximum Gasteiger partial charge on any atom is 0.333 e. The molecule has 7 nitrogen and oxygen atoms in total. The predicted octanol–water partition coefficient (Wildman–Crippen LogP) is 2.75. The molecule has 1 heterocycles. The van der Waals surface area contributed by atoms with Crippen LogP contribution in [0.15, 0.2) is 11.6 Å². The fraction of sp³-hybridized carbons (Fsp3) is 0.783. The van der Waals surface area contributed by atoms with Gasteiger partial charge in [0.1, 0.15) is 6.04 Å². The molecule has 0 aromatic heterocycles. The summed E-state index contributed by atoms with van der Waals surface area (Å²) in [5.74, 6) is -0.628. The SMILES string of the molecule is CCOC(=O)C(C)=C[C@H](CC)N(C)C(=O)[C@@H](NC(=O)[C@H]1CCCCN1C)C(C)(C)C. The van der Waals surface area contributed by atoms with Gasteiger partial charge in [0.25, 0.3) is 0 Å². The van der Waals surface area contributed by atoms with E-state index in [4.69, 9.17) is 4.74 Å². The van der Waals surface area contributed by atoms with Crippen LogP contribution in [-0.4, -0.2) is 73.0 Å². The first-order valence-electron chi connectivity index (χ1n) is 11.1. The second kappa shape index (κ2) is 11.5. The smallest absolute Gasteiger partial charge is 0.333 e. The lowest BCUT2D eigenvalue weighted by Gasteiger charge is -2.38. The summed E-state index contributed by atoms with van der Waals surface area (Å²) >= 11 is 0. The summed E-state index contributed by atoms with van der Waals surface area (Å²) in [4.78, 5) is 42.1. The maximum atomic E-state index is 13.4. The van der Waals surface area contributed by atoms with Crippen LogP contribution in [-0.2, 0) is 19.1 Å². The number of amides is 2. The largest absolute Gasteiger partial charge is 0.463 e. The lowest BCUT2D eigenvalue weighted by molar-refractivity contribution is -0.141. The van der Waals surface area contributed by atoms with Crippen molar-refractivity contribution in [1.29, 1.82) is 0 Å². The standard InChI is InChI=1S/C23H41N3O4/c1-9-17(15-16(3)22(29)30-10-2)26(8)21(28)19(23(4,5)6)24-20(27)18-13-11-12-14-25(18)7/h15,17-19H,9-14H2,1-8H3,(H,24,27)/t17-,18+,19+/m0/s1. The summed E-state index contributed by atoms with van der Waals surface area (Å²) in [5.41, 5.74) is 0.0235. The molecule has 1 N–H and O–H groups in total. The van der Waals surface area contributed by atoms with E-state index in [-0.39, 0.29) is 29.9 Å². The summed E-state index contributed by atoms with van der Waals surface area (Å²) in [6.45, 7) is 12.5. The minimum absolute atomic E-state index is 0.0924. The van der Waals surface area contributed by atoms with E-state index in [0.717, 1.165) is 25.8 Å². The van der Waals surface area contributed by atoms with Gasteiger partial charge in [-0.1, -0.05) is 40.2 Å². The fourth-order valence-corrected chi connectivity index (χ4v) is 3.77. The fourth-order valence-electron chi connectivity index (χ4n) is 3.77. The van der Waals surface area contributed by atoms with E-state index < -0.39 is 11.5 Å². The highest BCUT2D eigenvalue weighted by molar-refractivity contribution is 5.91. The summed E-state index contributed by atoms with van der Waals surface area (Å²) in [6.07, 6.45) is 5.34. The third kappa shape index (κ3) is 7.11. The molecule has 30 heavy (non-hydrogen) atoms. The van der Waals surface area contributed by atoms with Gasteiger partial charge in [-0.3, -0.25) is 14.5 Å². The highest BCUT2D eigenvalue weighted by Crippen LogP contribution is 2.24. The number of hydrogen-bond acceptors (Lipinski definition) is 5. The van der Waals surface area contributed by atoms with Crippen molar-refractivity contribution < 1.29 is 19.1 Å². The van der Waals surface area contributed by atoms with Crippen LogP contribution in [0.3, 0.4) is 0 Å². The van der Waals surface area contributed by atoms with Gasteiger partial charge in [0.15, 0.2) is 0 Å². The Morgan fingerprint density at radius 2 is 1.87 bits per heavy atom. The van der Waals surface area contributed by atoms with Crippen molar-refractivity contribution in [2.45, 2.75) is 85.4 Å². The van der Waals surface area contributed by atoms with Crippen LogP contribution in [0.25, 0.3) is 0 Å². The number of nitrogens with zero attached hydrogens (tertiary/aromatic N) is 2. The molecule has 0 aromatic rings. The van der Waals surface area contributed by atoms with Gasteiger partial charge in [0.2, 0.25) is 11.8 Å². The van der Waals surface area contributed by atoms with Crippen LogP contribution in [0.5, 0.6) is 0 Å². The second-order valence-corrected chi connectivity index (χ2v) is 9.29. The Balaban J connectivity index is 3.02. The van der Waals surface area contributed by atoms with Crippen molar-refractivity contribution >= 4 is 17.8 Å². The molecule has 1 aliphatic rings. The van der Waals surface area contributed by atoms with Gasteiger partial charge >= 0.3 is 5.97 Å². The first-order chi connectivity index (χ1) is 13.9. The van der Waals surface area contributed by atoms with Crippen LogP contribution < -0.4 is 5.32 Å². The first kappa shape index (κ1) is 26.1.